The van der Waals surface area contributed by atoms with Gasteiger partial charge in [-0.1, -0.05) is 25.4 Å². The summed E-state index contributed by atoms with van der Waals surface area (Å²) in [6.07, 6.45) is 8.46. The van der Waals surface area contributed by atoms with Gasteiger partial charge in [0.2, 0.25) is 0 Å². The summed E-state index contributed by atoms with van der Waals surface area (Å²) in [5, 5.41) is 4.79. The van der Waals surface area contributed by atoms with E-state index in [-0.39, 0.29) is 6.10 Å². The lowest BCUT2D eigenvalue weighted by molar-refractivity contribution is -0.118. The van der Waals surface area contributed by atoms with Gasteiger partial charge in [0.05, 0.1) is 6.10 Å². The van der Waals surface area contributed by atoms with Crippen LogP contribution in [0.15, 0.2) is 18.2 Å². The highest BCUT2D eigenvalue weighted by atomic mass is 35.5. The molecule has 0 radical (unpaired) electrons. The minimum Gasteiger partial charge on any atom is -0.491 e. The fourth-order valence-electron chi connectivity index (χ4n) is 6.98. The minimum absolute atomic E-state index is 0.178. The first-order valence-electron chi connectivity index (χ1n) is 9.89. The van der Waals surface area contributed by atoms with Gasteiger partial charge in [0.25, 0.3) is 0 Å². The smallest absolute Gasteiger partial charge is 0.124 e. The van der Waals surface area contributed by atoms with Crippen molar-refractivity contribution >= 4 is 11.6 Å². The quantitative estimate of drug-likeness (QED) is 0.697. The molecule has 138 valence electrons. The van der Waals surface area contributed by atoms with Crippen molar-refractivity contribution in [3.8, 4) is 5.75 Å². The van der Waals surface area contributed by atoms with Crippen molar-refractivity contribution in [2.45, 2.75) is 84.4 Å². The molecule has 0 saturated heterocycles. The van der Waals surface area contributed by atoms with Gasteiger partial charge in [-0.3, -0.25) is 0 Å². The van der Waals surface area contributed by atoms with Crippen molar-refractivity contribution in [3.63, 3.8) is 0 Å². The second-order valence-corrected chi connectivity index (χ2v) is 10.6. The summed E-state index contributed by atoms with van der Waals surface area (Å²) in [6, 6.07) is 6.01. The third-order valence-corrected chi connectivity index (χ3v) is 6.90. The standard InChI is InChI=1S/C22H32ClNO/c1-15(2)25-19-6-5-18(23)7-17(19)11-24-22-10-16-8-20(3,13-22)12-21(4,9-16)14-22/h5-7,15-16,24H,8-14H2,1-4H3/t16?,20-,21+,22?. The maximum absolute atomic E-state index is 6.27. The number of benzene rings is 1. The third-order valence-electron chi connectivity index (χ3n) is 6.67. The molecule has 3 heteroatoms. The van der Waals surface area contributed by atoms with Crippen LogP contribution in [-0.4, -0.2) is 11.6 Å². The summed E-state index contributed by atoms with van der Waals surface area (Å²) >= 11 is 6.27. The summed E-state index contributed by atoms with van der Waals surface area (Å²) in [5.74, 6) is 1.87. The van der Waals surface area contributed by atoms with E-state index in [9.17, 15) is 0 Å². The van der Waals surface area contributed by atoms with Crippen molar-refractivity contribution in [1.29, 1.82) is 0 Å². The SMILES string of the molecule is CC(C)Oc1ccc(Cl)cc1CNC12CC3C[C@@](C)(C1)C[C@](C)(C3)C2. The summed E-state index contributed by atoms with van der Waals surface area (Å²) in [5.41, 5.74) is 2.56. The van der Waals surface area contributed by atoms with Crippen LogP contribution >= 0.6 is 11.6 Å². The molecule has 0 heterocycles. The topological polar surface area (TPSA) is 21.3 Å². The van der Waals surface area contributed by atoms with Crippen LogP contribution in [0.4, 0.5) is 0 Å². The van der Waals surface area contributed by atoms with Crippen LogP contribution in [-0.2, 0) is 6.54 Å². The van der Waals surface area contributed by atoms with Crippen LogP contribution in [0.2, 0.25) is 5.02 Å². The van der Waals surface area contributed by atoms with Gasteiger partial charge >= 0.3 is 0 Å². The van der Waals surface area contributed by atoms with E-state index >= 15 is 0 Å². The first-order chi connectivity index (χ1) is 11.7. The zero-order valence-corrected chi connectivity index (χ0v) is 16.9. The van der Waals surface area contributed by atoms with Crippen molar-refractivity contribution in [2.75, 3.05) is 0 Å². The molecular formula is C22H32ClNO. The Morgan fingerprint density at radius 3 is 2.40 bits per heavy atom. The van der Waals surface area contributed by atoms with Gasteiger partial charge in [-0.25, -0.2) is 0 Å². The van der Waals surface area contributed by atoms with Gasteiger partial charge in [-0.2, -0.15) is 0 Å². The van der Waals surface area contributed by atoms with Gasteiger partial charge in [-0.15, -0.1) is 0 Å². The summed E-state index contributed by atoms with van der Waals surface area (Å²) < 4.78 is 6.01. The first-order valence-corrected chi connectivity index (χ1v) is 10.3. The molecule has 0 aliphatic heterocycles. The molecule has 2 nitrogen and oxygen atoms in total. The molecular weight excluding hydrogens is 330 g/mol. The van der Waals surface area contributed by atoms with Crippen LogP contribution in [0, 0.1) is 16.7 Å². The van der Waals surface area contributed by atoms with Gasteiger partial charge in [-0.05, 0) is 87.3 Å². The molecule has 0 amide bonds. The highest BCUT2D eigenvalue weighted by Gasteiger charge is 2.59. The molecule has 4 aliphatic carbocycles. The minimum atomic E-state index is 0.178. The molecule has 1 aromatic carbocycles. The molecule has 1 N–H and O–H groups in total. The molecule has 2 unspecified atom stereocenters. The number of hydrogen-bond acceptors (Lipinski definition) is 2. The van der Waals surface area contributed by atoms with Gasteiger partial charge in [0, 0.05) is 22.7 Å². The average Bonchev–Trinajstić information content (AvgIpc) is 2.43. The summed E-state index contributed by atoms with van der Waals surface area (Å²) in [6.45, 7) is 10.1. The molecule has 0 aromatic heterocycles. The second-order valence-electron chi connectivity index (χ2n) is 10.2. The lowest BCUT2D eigenvalue weighted by atomic mass is 9.43. The lowest BCUT2D eigenvalue weighted by Gasteiger charge is -2.65. The average molecular weight is 362 g/mol. The number of rotatable bonds is 5. The Labute approximate surface area is 157 Å². The molecule has 4 aliphatic rings. The summed E-state index contributed by atoms with van der Waals surface area (Å²) in [4.78, 5) is 0. The van der Waals surface area contributed by atoms with E-state index in [4.69, 9.17) is 16.3 Å². The molecule has 0 spiro atoms. The van der Waals surface area contributed by atoms with Crippen LogP contribution in [0.25, 0.3) is 0 Å². The highest BCUT2D eigenvalue weighted by Crippen LogP contribution is 2.66. The Balaban J connectivity index is 1.55. The zero-order chi connectivity index (χ0) is 17.9. The molecule has 1 aromatic rings. The van der Waals surface area contributed by atoms with E-state index < -0.39 is 0 Å². The number of halogens is 1. The van der Waals surface area contributed by atoms with Gasteiger partial charge in [0.1, 0.15) is 5.75 Å². The fourth-order valence-corrected chi connectivity index (χ4v) is 7.18. The van der Waals surface area contributed by atoms with Crippen molar-refractivity contribution in [2.24, 2.45) is 16.7 Å². The maximum Gasteiger partial charge on any atom is 0.124 e. The Morgan fingerprint density at radius 2 is 1.80 bits per heavy atom. The van der Waals surface area contributed by atoms with E-state index in [0.29, 0.717) is 16.4 Å². The molecule has 25 heavy (non-hydrogen) atoms. The predicted octanol–water partition coefficient (Wildman–Crippen LogP) is 5.97. The molecule has 4 fully saturated rings. The van der Waals surface area contributed by atoms with E-state index in [2.05, 4.69) is 39.1 Å². The van der Waals surface area contributed by atoms with Crippen molar-refractivity contribution in [1.82, 2.24) is 5.32 Å². The molecule has 4 atom stereocenters. The van der Waals surface area contributed by atoms with E-state index in [1.165, 1.54) is 44.1 Å². The first kappa shape index (κ1) is 17.7. The highest BCUT2D eigenvalue weighted by molar-refractivity contribution is 6.30. The van der Waals surface area contributed by atoms with Crippen LogP contribution in [0.1, 0.15) is 71.8 Å². The van der Waals surface area contributed by atoms with Gasteiger partial charge in [0.15, 0.2) is 0 Å². The zero-order valence-electron chi connectivity index (χ0n) is 16.1. The second kappa shape index (κ2) is 5.89. The fraction of sp³-hybridized carbons (Fsp3) is 0.727. The van der Waals surface area contributed by atoms with E-state index in [0.717, 1.165) is 23.2 Å². The molecule has 4 bridgehead atoms. The Kier molecular flexibility index (Phi) is 4.16. The van der Waals surface area contributed by atoms with E-state index in [1.54, 1.807) is 0 Å². The largest absolute Gasteiger partial charge is 0.491 e. The Morgan fingerprint density at radius 1 is 1.12 bits per heavy atom. The van der Waals surface area contributed by atoms with Crippen LogP contribution < -0.4 is 10.1 Å². The Bertz CT molecular complexity index is 652. The maximum atomic E-state index is 6.27. The number of hydrogen-bond donors (Lipinski definition) is 1. The Hall–Kier alpha value is -0.730. The van der Waals surface area contributed by atoms with Gasteiger partial charge < -0.3 is 10.1 Å². The predicted molar refractivity (Wildman–Crippen MR) is 104 cm³/mol. The monoisotopic (exact) mass is 361 g/mol. The van der Waals surface area contributed by atoms with Crippen molar-refractivity contribution in [3.05, 3.63) is 28.8 Å². The van der Waals surface area contributed by atoms with Crippen molar-refractivity contribution < 1.29 is 4.74 Å². The third kappa shape index (κ3) is 3.45. The van der Waals surface area contributed by atoms with E-state index in [1.807, 2.05) is 12.1 Å². The normalized spacial score (nSPS) is 39.2. The summed E-state index contributed by atoms with van der Waals surface area (Å²) in [7, 11) is 0. The van der Waals surface area contributed by atoms with Crippen LogP contribution in [0.3, 0.4) is 0 Å². The van der Waals surface area contributed by atoms with Crippen LogP contribution in [0.5, 0.6) is 5.75 Å². The number of nitrogens with one attached hydrogen (secondary N) is 1. The lowest BCUT2D eigenvalue weighted by Crippen LogP contribution is -2.63. The molecule has 5 rings (SSSR count). The molecule has 4 saturated carbocycles. The number of ether oxygens (including phenoxy) is 1.